The highest BCUT2D eigenvalue weighted by Gasteiger charge is 2.33. The van der Waals surface area contributed by atoms with E-state index in [0.717, 1.165) is 35.1 Å². The van der Waals surface area contributed by atoms with Gasteiger partial charge in [-0.05, 0) is 55.9 Å². The van der Waals surface area contributed by atoms with Crippen LogP contribution < -0.4 is 5.32 Å². The number of ether oxygens (including phenoxy) is 2. The molecule has 0 unspecified atom stereocenters. The molecule has 1 fully saturated rings. The molecule has 4 rings (SSSR count). The third-order valence-corrected chi connectivity index (χ3v) is 6.16. The number of alkyl carbamates (subject to hydrolysis) is 1. The van der Waals surface area contributed by atoms with Crippen molar-refractivity contribution in [3.8, 4) is 11.1 Å². The van der Waals surface area contributed by atoms with Crippen molar-refractivity contribution in [2.75, 3.05) is 19.7 Å². The molecule has 1 N–H and O–H groups in total. The lowest BCUT2D eigenvalue weighted by molar-refractivity contribution is -0.159. The smallest absolute Gasteiger partial charge is 0.407 e. The highest BCUT2D eigenvalue weighted by molar-refractivity contribution is 5.88. The predicted molar refractivity (Wildman–Crippen MR) is 128 cm³/mol. The molecule has 1 heterocycles. The Balaban J connectivity index is 1.43. The Labute approximate surface area is 200 Å². The van der Waals surface area contributed by atoms with Gasteiger partial charge >= 0.3 is 12.1 Å². The molecule has 2 aromatic rings. The van der Waals surface area contributed by atoms with Crippen molar-refractivity contribution in [3.05, 3.63) is 59.7 Å². The molecular formula is C27H32N2O5. The lowest BCUT2D eigenvalue weighted by Crippen LogP contribution is -2.47. The molecule has 0 radical (unpaired) electrons. The van der Waals surface area contributed by atoms with E-state index in [1.54, 1.807) is 25.7 Å². The number of rotatable bonds is 6. The summed E-state index contributed by atoms with van der Waals surface area (Å²) in [6.45, 7) is 6.71. The van der Waals surface area contributed by atoms with Gasteiger partial charge in [0.15, 0.2) is 0 Å². The van der Waals surface area contributed by atoms with Gasteiger partial charge in [-0.2, -0.15) is 0 Å². The Morgan fingerprint density at radius 2 is 1.53 bits per heavy atom. The van der Waals surface area contributed by atoms with E-state index in [2.05, 4.69) is 17.4 Å². The molecular weight excluding hydrogens is 432 g/mol. The summed E-state index contributed by atoms with van der Waals surface area (Å²) in [5.41, 5.74) is 3.73. The third kappa shape index (κ3) is 5.41. The van der Waals surface area contributed by atoms with Crippen molar-refractivity contribution in [1.29, 1.82) is 0 Å². The number of amides is 2. The van der Waals surface area contributed by atoms with Crippen molar-refractivity contribution in [2.24, 2.45) is 0 Å². The zero-order valence-corrected chi connectivity index (χ0v) is 20.0. The molecule has 2 aromatic carbocycles. The topological polar surface area (TPSA) is 84.9 Å². The van der Waals surface area contributed by atoms with Crippen LogP contribution in [0, 0.1) is 0 Å². The second kappa shape index (κ2) is 9.87. The summed E-state index contributed by atoms with van der Waals surface area (Å²) in [4.78, 5) is 39.9. The Hall–Kier alpha value is -3.35. The van der Waals surface area contributed by atoms with Crippen molar-refractivity contribution < 1.29 is 23.9 Å². The number of carbonyl (C=O) groups is 3. The molecule has 1 saturated heterocycles. The fourth-order valence-corrected chi connectivity index (χ4v) is 4.62. The number of nitrogens with zero attached hydrogens (tertiary/aromatic N) is 1. The van der Waals surface area contributed by atoms with E-state index in [1.807, 2.05) is 36.4 Å². The van der Waals surface area contributed by atoms with Gasteiger partial charge in [0.25, 0.3) is 0 Å². The summed E-state index contributed by atoms with van der Waals surface area (Å²) >= 11 is 0. The zero-order valence-electron chi connectivity index (χ0n) is 20.0. The minimum Gasteiger partial charge on any atom is -0.458 e. The maximum atomic E-state index is 12.8. The number of likely N-dealkylation sites (tertiary alicyclic amines) is 1. The average molecular weight is 465 g/mol. The lowest BCUT2D eigenvalue weighted by atomic mass is 9.98. The van der Waals surface area contributed by atoms with E-state index >= 15 is 0 Å². The van der Waals surface area contributed by atoms with Crippen LogP contribution in [0.25, 0.3) is 11.1 Å². The van der Waals surface area contributed by atoms with Gasteiger partial charge in [-0.15, -0.1) is 0 Å². The molecule has 7 heteroatoms. The largest absolute Gasteiger partial charge is 0.458 e. The molecule has 1 aliphatic carbocycles. The number of benzene rings is 2. The van der Waals surface area contributed by atoms with Crippen LogP contribution in [0.4, 0.5) is 4.79 Å². The SMILES string of the molecule is CC(C)(C)OC(=O)[C@H](CC(=O)N1CCCC1)NC(=O)OCC1c2ccccc2-c2ccccc21. The Bertz CT molecular complexity index is 1020. The van der Waals surface area contributed by atoms with Gasteiger partial charge in [-0.25, -0.2) is 9.59 Å². The Morgan fingerprint density at radius 3 is 2.09 bits per heavy atom. The summed E-state index contributed by atoms with van der Waals surface area (Å²) in [7, 11) is 0. The number of fused-ring (bicyclic) bond motifs is 3. The van der Waals surface area contributed by atoms with Gasteiger partial charge in [-0.1, -0.05) is 48.5 Å². The minimum atomic E-state index is -1.11. The summed E-state index contributed by atoms with van der Waals surface area (Å²) in [5, 5.41) is 2.58. The lowest BCUT2D eigenvalue weighted by Gasteiger charge is -2.25. The standard InChI is InChI=1S/C27H32N2O5/c1-27(2,3)34-25(31)23(16-24(30)29-14-8-9-15-29)28-26(32)33-17-22-20-12-6-4-10-18(20)19-11-5-7-13-21(19)22/h4-7,10-13,22-23H,8-9,14-17H2,1-3H3,(H,28,32)/t23-/m0/s1. The van der Waals surface area contributed by atoms with E-state index in [0.29, 0.717) is 13.1 Å². The molecule has 0 spiro atoms. The Kier molecular flexibility index (Phi) is 6.91. The van der Waals surface area contributed by atoms with Crippen LogP contribution >= 0.6 is 0 Å². The first-order chi connectivity index (χ1) is 16.2. The zero-order chi connectivity index (χ0) is 24.3. The first kappa shape index (κ1) is 23.8. The van der Waals surface area contributed by atoms with E-state index in [-0.39, 0.29) is 24.9 Å². The van der Waals surface area contributed by atoms with Crippen LogP contribution in [0.3, 0.4) is 0 Å². The molecule has 2 aliphatic rings. The quantitative estimate of drug-likeness (QED) is 0.646. The predicted octanol–water partition coefficient (Wildman–Crippen LogP) is 4.25. The number of hydrogen-bond donors (Lipinski definition) is 1. The minimum absolute atomic E-state index is 0.0932. The fourth-order valence-electron chi connectivity index (χ4n) is 4.62. The molecule has 1 atom stereocenters. The summed E-state index contributed by atoms with van der Waals surface area (Å²) < 4.78 is 11.0. The van der Waals surface area contributed by atoms with E-state index in [1.165, 1.54) is 0 Å². The van der Waals surface area contributed by atoms with Crippen LogP contribution in [0.5, 0.6) is 0 Å². The maximum absolute atomic E-state index is 12.8. The third-order valence-electron chi connectivity index (χ3n) is 6.16. The summed E-state index contributed by atoms with van der Waals surface area (Å²) in [6, 6.07) is 15.0. The number of esters is 1. The van der Waals surface area contributed by atoms with Crippen molar-refractivity contribution in [1.82, 2.24) is 10.2 Å². The summed E-state index contributed by atoms with van der Waals surface area (Å²) in [5.74, 6) is -0.912. The van der Waals surface area contributed by atoms with E-state index in [9.17, 15) is 14.4 Å². The monoisotopic (exact) mass is 464 g/mol. The van der Waals surface area contributed by atoms with Gasteiger partial charge in [0, 0.05) is 19.0 Å². The van der Waals surface area contributed by atoms with Gasteiger partial charge < -0.3 is 19.7 Å². The van der Waals surface area contributed by atoms with Gasteiger partial charge in [0.2, 0.25) is 5.91 Å². The number of nitrogens with one attached hydrogen (secondary N) is 1. The molecule has 0 bridgehead atoms. The number of carbonyl (C=O) groups excluding carboxylic acids is 3. The first-order valence-electron chi connectivity index (χ1n) is 11.8. The van der Waals surface area contributed by atoms with Crippen LogP contribution in [0.2, 0.25) is 0 Å². The molecule has 2 amide bonds. The number of hydrogen-bond acceptors (Lipinski definition) is 5. The first-order valence-corrected chi connectivity index (χ1v) is 11.8. The van der Waals surface area contributed by atoms with Crippen molar-refractivity contribution in [2.45, 2.75) is 57.6 Å². The molecule has 0 saturated carbocycles. The fraction of sp³-hybridized carbons (Fsp3) is 0.444. The van der Waals surface area contributed by atoms with Crippen LogP contribution in [-0.4, -0.2) is 54.2 Å². The highest BCUT2D eigenvalue weighted by Crippen LogP contribution is 2.44. The maximum Gasteiger partial charge on any atom is 0.407 e. The van der Waals surface area contributed by atoms with Crippen LogP contribution in [0.15, 0.2) is 48.5 Å². The molecule has 1 aliphatic heterocycles. The van der Waals surface area contributed by atoms with Gasteiger partial charge in [0.05, 0.1) is 6.42 Å². The highest BCUT2D eigenvalue weighted by atomic mass is 16.6. The average Bonchev–Trinajstić information content (AvgIpc) is 3.43. The Morgan fingerprint density at radius 1 is 0.971 bits per heavy atom. The van der Waals surface area contributed by atoms with Gasteiger partial charge in [-0.3, -0.25) is 4.79 Å². The molecule has 0 aromatic heterocycles. The molecule has 7 nitrogen and oxygen atoms in total. The molecule has 34 heavy (non-hydrogen) atoms. The van der Waals surface area contributed by atoms with E-state index < -0.39 is 23.7 Å². The summed E-state index contributed by atoms with van der Waals surface area (Å²) in [6.07, 6.45) is 0.997. The second-order valence-corrected chi connectivity index (χ2v) is 9.85. The second-order valence-electron chi connectivity index (χ2n) is 9.85. The van der Waals surface area contributed by atoms with Crippen molar-refractivity contribution >= 4 is 18.0 Å². The van der Waals surface area contributed by atoms with E-state index in [4.69, 9.17) is 9.47 Å². The van der Waals surface area contributed by atoms with Crippen LogP contribution in [0.1, 0.15) is 57.1 Å². The van der Waals surface area contributed by atoms with Crippen molar-refractivity contribution in [3.63, 3.8) is 0 Å². The normalized spacial score (nSPS) is 15.9. The van der Waals surface area contributed by atoms with Gasteiger partial charge in [0.1, 0.15) is 18.2 Å². The molecule has 180 valence electrons. The van der Waals surface area contributed by atoms with Crippen LogP contribution in [-0.2, 0) is 19.1 Å².